The van der Waals surface area contributed by atoms with Crippen LogP contribution < -0.4 is 0 Å². The first-order chi connectivity index (χ1) is 14.0. The van der Waals surface area contributed by atoms with Gasteiger partial charge in [0.25, 0.3) is 10.0 Å². The molecule has 0 bridgehead atoms. The first-order valence-electron chi connectivity index (χ1n) is 9.15. The van der Waals surface area contributed by atoms with E-state index in [0.717, 1.165) is 17.4 Å². The standard InChI is InChI=1S/C24H19NO3S/c1-18-11-13-21(14-12-18)29(27,28)25-16-23(22-9-5-6-10-24(22)25)20(17-26)15-19-7-3-2-4-8-19/h2-17H,1H3/b20-15+. The van der Waals surface area contributed by atoms with Gasteiger partial charge in [-0.05, 0) is 36.8 Å². The number of fused-ring (bicyclic) bond motifs is 1. The number of nitrogens with zero attached hydrogens (tertiary/aromatic N) is 1. The highest BCUT2D eigenvalue weighted by molar-refractivity contribution is 7.90. The van der Waals surface area contributed by atoms with Crippen molar-refractivity contribution < 1.29 is 13.2 Å². The van der Waals surface area contributed by atoms with E-state index < -0.39 is 10.0 Å². The molecule has 5 heteroatoms. The van der Waals surface area contributed by atoms with Gasteiger partial charge in [-0.2, -0.15) is 0 Å². The summed E-state index contributed by atoms with van der Waals surface area (Å²) in [4.78, 5) is 12.1. The van der Waals surface area contributed by atoms with Gasteiger partial charge in [-0.15, -0.1) is 0 Å². The maximum Gasteiger partial charge on any atom is 0.268 e. The summed E-state index contributed by atoms with van der Waals surface area (Å²) in [7, 11) is -3.80. The summed E-state index contributed by atoms with van der Waals surface area (Å²) >= 11 is 0. The summed E-state index contributed by atoms with van der Waals surface area (Å²) in [6.45, 7) is 1.91. The van der Waals surface area contributed by atoms with Crippen LogP contribution in [-0.2, 0) is 14.8 Å². The van der Waals surface area contributed by atoms with Crippen molar-refractivity contribution in [1.82, 2.24) is 3.97 Å². The number of aromatic nitrogens is 1. The largest absolute Gasteiger partial charge is 0.298 e. The minimum atomic E-state index is -3.80. The van der Waals surface area contributed by atoms with E-state index in [4.69, 9.17) is 0 Å². The molecule has 3 aromatic carbocycles. The van der Waals surface area contributed by atoms with Gasteiger partial charge in [0.05, 0.1) is 10.4 Å². The molecule has 0 amide bonds. The van der Waals surface area contributed by atoms with Gasteiger partial charge in [-0.1, -0.05) is 66.2 Å². The fourth-order valence-electron chi connectivity index (χ4n) is 3.31. The molecule has 1 heterocycles. The molecule has 0 saturated carbocycles. The molecule has 0 saturated heterocycles. The van der Waals surface area contributed by atoms with Crippen LogP contribution in [-0.4, -0.2) is 18.7 Å². The fraction of sp³-hybridized carbons (Fsp3) is 0.0417. The lowest BCUT2D eigenvalue weighted by molar-refractivity contribution is -0.103. The van der Waals surface area contributed by atoms with Crippen molar-refractivity contribution >= 4 is 38.9 Å². The Kier molecular flexibility index (Phi) is 4.91. The quantitative estimate of drug-likeness (QED) is 0.352. The Balaban J connectivity index is 1.93. The molecule has 4 aromatic rings. The molecule has 29 heavy (non-hydrogen) atoms. The molecule has 1 aromatic heterocycles. The highest BCUT2D eigenvalue weighted by atomic mass is 32.2. The Bertz CT molecular complexity index is 1320. The van der Waals surface area contributed by atoms with Crippen molar-refractivity contribution in [1.29, 1.82) is 0 Å². The molecule has 0 N–H and O–H groups in total. The van der Waals surface area contributed by atoms with E-state index in [-0.39, 0.29) is 4.90 Å². The lowest BCUT2D eigenvalue weighted by atomic mass is 10.0. The van der Waals surface area contributed by atoms with Crippen molar-refractivity contribution in [2.24, 2.45) is 0 Å². The van der Waals surface area contributed by atoms with Gasteiger partial charge >= 0.3 is 0 Å². The van der Waals surface area contributed by atoms with Gasteiger partial charge < -0.3 is 0 Å². The predicted octanol–water partition coefficient (Wildman–Crippen LogP) is 4.93. The van der Waals surface area contributed by atoms with Crippen LogP contribution in [0.1, 0.15) is 16.7 Å². The molecule has 0 aliphatic heterocycles. The second kappa shape index (κ2) is 7.53. The van der Waals surface area contributed by atoms with E-state index in [1.54, 1.807) is 42.5 Å². The first kappa shape index (κ1) is 18.9. The number of rotatable bonds is 5. The third-order valence-electron chi connectivity index (χ3n) is 4.82. The monoisotopic (exact) mass is 401 g/mol. The van der Waals surface area contributed by atoms with E-state index in [1.807, 2.05) is 49.4 Å². The van der Waals surface area contributed by atoms with Crippen molar-refractivity contribution in [3.63, 3.8) is 0 Å². The van der Waals surface area contributed by atoms with E-state index >= 15 is 0 Å². The molecule has 4 rings (SSSR count). The summed E-state index contributed by atoms with van der Waals surface area (Å²) in [5.41, 5.74) is 3.38. The van der Waals surface area contributed by atoms with Gasteiger partial charge in [-0.3, -0.25) is 4.79 Å². The average molecular weight is 401 g/mol. The molecule has 0 atom stereocenters. The van der Waals surface area contributed by atoms with Crippen LogP contribution >= 0.6 is 0 Å². The van der Waals surface area contributed by atoms with Crippen LogP contribution in [0.4, 0.5) is 0 Å². The molecular formula is C24H19NO3S. The molecule has 0 radical (unpaired) electrons. The summed E-state index contributed by atoms with van der Waals surface area (Å²) in [5, 5.41) is 0.706. The maximum atomic E-state index is 13.3. The molecule has 0 unspecified atom stereocenters. The van der Waals surface area contributed by atoms with Crippen molar-refractivity contribution in [3.05, 3.63) is 102 Å². The number of para-hydroxylation sites is 1. The third kappa shape index (κ3) is 3.52. The van der Waals surface area contributed by atoms with Crippen LogP contribution in [0.2, 0.25) is 0 Å². The molecule has 4 nitrogen and oxygen atoms in total. The van der Waals surface area contributed by atoms with Crippen LogP contribution in [0.15, 0.2) is 90.0 Å². The van der Waals surface area contributed by atoms with Crippen LogP contribution in [0.5, 0.6) is 0 Å². The summed E-state index contributed by atoms with van der Waals surface area (Å²) in [5.74, 6) is 0. The lowest BCUT2D eigenvalue weighted by Crippen LogP contribution is -2.11. The summed E-state index contributed by atoms with van der Waals surface area (Å²) in [6.07, 6.45) is 4.05. The van der Waals surface area contributed by atoms with E-state index in [1.165, 1.54) is 10.2 Å². The number of hydrogen-bond acceptors (Lipinski definition) is 3. The minimum absolute atomic E-state index is 0.204. The van der Waals surface area contributed by atoms with E-state index in [9.17, 15) is 13.2 Å². The van der Waals surface area contributed by atoms with Gasteiger partial charge in [0.2, 0.25) is 0 Å². The molecule has 0 fully saturated rings. The van der Waals surface area contributed by atoms with Crippen LogP contribution in [0.25, 0.3) is 22.6 Å². The normalized spacial score (nSPS) is 12.2. The smallest absolute Gasteiger partial charge is 0.268 e. The van der Waals surface area contributed by atoms with Crippen molar-refractivity contribution in [2.45, 2.75) is 11.8 Å². The molecule has 0 spiro atoms. The summed E-state index contributed by atoms with van der Waals surface area (Å²) in [6, 6.07) is 23.4. The molecular weight excluding hydrogens is 382 g/mol. The van der Waals surface area contributed by atoms with E-state index in [0.29, 0.717) is 22.0 Å². The number of aldehydes is 1. The van der Waals surface area contributed by atoms with Gasteiger partial charge in [-0.25, -0.2) is 12.4 Å². The Morgan fingerprint density at radius 2 is 1.52 bits per heavy atom. The first-order valence-corrected chi connectivity index (χ1v) is 10.6. The van der Waals surface area contributed by atoms with Crippen LogP contribution in [0, 0.1) is 6.92 Å². The number of hydrogen-bond donors (Lipinski definition) is 0. The zero-order chi connectivity index (χ0) is 20.4. The second-order valence-corrected chi connectivity index (χ2v) is 8.62. The topological polar surface area (TPSA) is 56.1 Å². The zero-order valence-electron chi connectivity index (χ0n) is 15.8. The number of carbonyl (C=O) groups is 1. The summed E-state index contributed by atoms with van der Waals surface area (Å²) < 4.78 is 27.8. The number of benzene rings is 3. The Morgan fingerprint density at radius 1 is 0.862 bits per heavy atom. The number of aryl methyl sites for hydroxylation is 1. The Hall–Kier alpha value is -3.44. The van der Waals surface area contributed by atoms with E-state index in [2.05, 4.69) is 0 Å². The fourth-order valence-corrected chi connectivity index (χ4v) is 4.68. The number of allylic oxidation sites excluding steroid dienone is 1. The minimum Gasteiger partial charge on any atom is -0.298 e. The van der Waals surface area contributed by atoms with Gasteiger partial charge in [0, 0.05) is 22.7 Å². The van der Waals surface area contributed by atoms with Crippen molar-refractivity contribution in [2.75, 3.05) is 0 Å². The maximum absolute atomic E-state index is 13.3. The lowest BCUT2D eigenvalue weighted by Gasteiger charge is -2.07. The van der Waals surface area contributed by atoms with Gasteiger partial charge in [0.1, 0.15) is 0 Å². The van der Waals surface area contributed by atoms with Crippen LogP contribution in [0.3, 0.4) is 0 Å². The molecule has 144 valence electrons. The third-order valence-corrected chi connectivity index (χ3v) is 6.50. The second-order valence-electron chi connectivity index (χ2n) is 6.80. The average Bonchev–Trinajstić information content (AvgIpc) is 3.13. The SMILES string of the molecule is Cc1ccc(S(=O)(=O)n2cc(/C(C=O)=C/c3ccccc3)c3ccccc32)cc1. The predicted molar refractivity (Wildman–Crippen MR) is 116 cm³/mol. The number of carbonyl (C=O) groups excluding carboxylic acids is 1. The zero-order valence-corrected chi connectivity index (χ0v) is 16.6. The van der Waals surface area contributed by atoms with Gasteiger partial charge in [0.15, 0.2) is 6.29 Å². The molecule has 0 aliphatic carbocycles. The molecule has 0 aliphatic rings. The Morgan fingerprint density at radius 3 is 2.21 bits per heavy atom. The Labute approximate surface area is 169 Å². The highest BCUT2D eigenvalue weighted by Crippen LogP contribution is 2.30. The highest BCUT2D eigenvalue weighted by Gasteiger charge is 2.22. The van der Waals surface area contributed by atoms with Crippen molar-refractivity contribution in [3.8, 4) is 0 Å².